The molecule has 1 atom stereocenters. The molecule has 3 heteroatoms. The lowest BCUT2D eigenvalue weighted by atomic mass is 9.54. The Balaban J connectivity index is 1.39. The molecule has 0 aliphatic heterocycles. The molecule has 0 amide bonds. The van der Waals surface area contributed by atoms with Crippen LogP contribution in [-0.4, -0.2) is 19.7 Å². The smallest absolute Gasteiger partial charge is 0.141 e. The second kappa shape index (κ2) is 7.68. The molecule has 0 aromatic heterocycles. The number of para-hydroxylation sites is 2. The molecule has 29 heavy (non-hydrogen) atoms. The molecule has 0 spiro atoms. The lowest BCUT2D eigenvalue weighted by Crippen LogP contribution is -2.60. The van der Waals surface area contributed by atoms with Gasteiger partial charge in [0.15, 0.2) is 0 Å². The third-order valence-electron chi connectivity index (χ3n) is 7.86. The molecule has 4 aliphatic rings. The highest BCUT2D eigenvalue weighted by Gasteiger charge is 2.49. The maximum Gasteiger partial charge on any atom is 0.141 e. The van der Waals surface area contributed by atoms with E-state index in [1.54, 1.807) is 7.11 Å². The molecule has 4 fully saturated rings. The van der Waals surface area contributed by atoms with Crippen molar-refractivity contribution in [3.05, 3.63) is 60.2 Å². The number of hydrogen-bond acceptors (Lipinski definition) is 3. The predicted octanol–water partition coefficient (Wildman–Crippen LogP) is 5.44. The van der Waals surface area contributed by atoms with E-state index in [2.05, 4.69) is 60.0 Å². The Labute approximate surface area is 175 Å². The summed E-state index contributed by atoms with van der Waals surface area (Å²) in [5.74, 6) is 4.63. The van der Waals surface area contributed by atoms with Gasteiger partial charge in [-0.3, -0.25) is 0 Å². The quantitative estimate of drug-likeness (QED) is 0.661. The van der Waals surface area contributed by atoms with Gasteiger partial charge < -0.3 is 15.4 Å². The second-order valence-corrected chi connectivity index (χ2v) is 9.85. The highest BCUT2D eigenvalue weighted by molar-refractivity contribution is 5.56. The van der Waals surface area contributed by atoms with Crippen molar-refractivity contribution in [2.24, 2.45) is 23.7 Å². The van der Waals surface area contributed by atoms with Crippen molar-refractivity contribution in [2.75, 3.05) is 19.0 Å². The minimum Gasteiger partial charge on any atom is -0.495 e. The number of hydrogen-bond donors (Lipinski definition) is 2. The highest BCUT2D eigenvalue weighted by atomic mass is 16.5. The molecule has 4 bridgehead atoms. The molecule has 1 unspecified atom stereocenters. The van der Waals surface area contributed by atoms with Crippen LogP contribution in [0.4, 0.5) is 5.69 Å². The van der Waals surface area contributed by atoms with E-state index in [4.69, 9.17) is 4.74 Å². The van der Waals surface area contributed by atoms with E-state index in [0.717, 1.165) is 41.7 Å². The Morgan fingerprint density at radius 2 is 1.48 bits per heavy atom. The van der Waals surface area contributed by atoms with Crippen LogP contribution in [0.5, 0.6) is 5.75 Å². The van der Waals surface area contributed by atoms with Crippen LogP contribution >= 0.6 is 0 Å². The first-order valence-corrected chi connectivity index (χ1v) is 11.3. The average molecular weight is 391 g/mol. The standard InChI is InChI=1S/C26H34N2O/c1-26(22-8-4-3-5-9-22,17-27-23-10-6-7-11-24(23)29-2)28-25-20-13-18-12-19(15-20)16-21(25)14-18/h3-11,18-21,25,27-28H,12-17H2,1-2H3. The lowest BCUT2D eigenvalue weighted by molar-refractivity contribution is -0.0239. The van der Waals surface area contributed by atoms with Gasteiger partial charge in [-0.2, -0.15) is 0 Å². The van der Waals surface area contributed by atoms with Gasteiger partial charge in [-0.1, -0.05) is 42.5 Å². The first-order chi connectivity index (χ1) is 14.1. The van der Waals surface area contributed by atoms with Gasteiger partial charge in [-0.25, -0.2) is 0 Å². The molecule has 6 rings (SSSR count). The Morgan fingerprint density at radius 1 is 0.862 bits per heavy atom. The number of nitrogens with one attached hydrogen (secondary N) is 2. The third-order valence-corrected chi connectivity index (χ3v) is 7.86. The highest BCUT2D eigenvalue weighted by Crippen LogP contribution is 2.54. The molecular weight excluding hydrogens is 356 g/mol. The van der Waals surface area contributed by atoms with Gasteiger partial charge in [0.05, 0.1) is 18.3 Å². The molecule has 4 saturated carbocycles. The fourth-order valence-electron chi connectivity index (χ4n) is 6.63. The van der Waals surface area contributed by atoms with Crippen LogP contribution in [0.3, 0.4) is 0 Å². The van der Waals surface area contributed by atoms with Gasteiger partial charge in [0, 0.05) is 12.6 Å². The van der Waals surface area contributed by atoms with Crippen LogP contribution in [0.1, 0.15) is 44.6 Å². The largest absolute Gasteiger partial charge is 0.495 e. The first-order valence-electron chi connectivity index (χ1n) is 11.3. The Morgan fingerprint density at radius 3 is 2.14 bits per heavy atom. The minimum absolute atomic E-state index is 0.123. The third kappa shape index (κ3) is 3.66. The number of methoxy groups -OCH3 is 1. The number of anilines is 1. The van der Waals surface area contributed by atoms with Crippen molar-refractivity contribution >= 4 is 5.69 Å². The normalized spacial score (nSPS) is 32.0. The fraction of sp³-hybridized carbons (Fsp3) is 0.538. The molecule has 154 valence electrons. The molecule has 2 N–H and O–H groups in total. The predicted molar refractivity (Wildman–Crippen MR) is 119 cm³/mol. The summed E-state index contributed by atoms with van der Waals surface area (Å²) in [6.07, 6.45) is 7.26. The summed E-state index contributed by atoms with van der Waals surface area (Å²) < 4.78 is 5.56. The second-order valence-electron chi connectivity index (χ2n) is 9.85. The van der Waals surface area contributed by atoms with E-state index in [1.165, 1.54) is 37.7 Å². The maximum absolute atomic E-state index is 5.56. The molecule has 2 aromatic rings. The summed E-state index contributed by atoms with van der Waals surface area (Å²) in [6, 6.07) is 19.8. The van der Waals surface area contributed by atoms with E-state index in [9.17, 15) is 0 Å². The molecule has 2 aromatic carbocycles. The molecule has 3 nitrogen and oxygen atoms in total. The van der Waals surface area contributed by atoms with Crippen LogP contribution < -0.4 is 15.4 Å². The van der Waals surface area contributed by atoms with E-state index in [-0.39, 0.29) is 5.54 Å². The van der Waals surface area contributed by atoms with Crippen LogP contribution in [-0.2, 0) is 5.54 Å². The summed E-state index contributed by atoms with van der Waals surface area (Å²) >= 11 is 0. The molecular formula is C26H34N2O. The fourth-order valence-corrected chi connectivity index (χ4v) is 6.63. The van der Waals surface area contributed by atoms with Crippen molar-refractivity contribution < 1.29 is 4.74 Å². The number of rotatable bonds is 7. The van der Waals surface area contributed by atoms with E-state index in [1.807, 2.05) is 12.1 Å². The summed E-state index contributed by atoms with van der Waals surface area (Å²) in [5, 5.41) is 7.88. The Bertz CT molecular complexity index is 808. The SMILES string of the molecule is COc1ccccc1NCC(C)(NC1C2CC3CC(C2)CC1C3)c1ccccc1. The Hall–Kier alpha value is -2.00. The van der Waals surface area contributed by atoms with Crippen LogP contribution in [0.15, 0.2) is 54.6 Å². The zero-order valence-electron chi connectivity index (χ0n) is 17.7. The topological polar surface area (TPSA) is 33.3 Å². The van der Waals surface area contributed by atoms with Crippen molar-refractivity contribution in [1.82, 2.24) is 5.32 Å². The molecule has 4 aliphatic carbocycles. The maximum atomic E-state index is 5.56. The first kappa shape index (κ1) is 19.0. The molecule has 0 heterocycles. The average Bonchev–Trinajstić information content (AvgIpc) is 2.75. The van der Waals surface area contributed by atoms with Gasteiger partial charge in [0.2, 0.25) is 0 Å². The van der Waals surface area contributed by atoms with Crippen LogP contribution in [0.2, 0.25) is 0 Å². The van der Waals surface area contributed by atoms with Gasteiger partial charge in [-0.05, 0) is 80.4 Å². The van der Waals surface area contributed by atoms with Crippen molar-refractivity contribution in [3.63, 3.8) is 0 Å². The van der Waals surface area contributed by atoms with Crippen LogP contribution in [0.25, 0.3) is 0 Å². The summed E-state index contributed by atoms with van der Waals surface area (Å²) in [4.78, 5) is 0. The zero-order valence-corrected chi connectivity index (χ0v) is 17.7. The Kier molecular flexibility index (Phi) is 5.03. The van der Waals surface area contributed by atoms with Crippen LogP contribution in [0, 0.1) is 23.7 Å². The lowest BCUT2D eigenvalue weighted by Gasteiger charge is -2.56. The zero-order chi connectivity index (χ0) is 19.8. The van der Waals surface area contributed by atoms with Gasteiger partial charge in [0.1, 0.15) is 5.75 Å². The van der Waals surface area contributed by atoms with E-state index >= 15 is 0 Å². The number of benzene rings is 2. The van der Waals surface area contributed by atoms with Crippen molar-refractivity contribution in [2.45, 2.75) is 50.6 Å². The monoisotopic (exact) mass is 390 g/mol. The summed E-state index contributed by atoms with van der Waals surface area (Å²) in [7, 11) is 1.74. The van der Waals surface area contributed by atoms with Crippen molar-refractivity contribution in [1.29, 1.82) is 0 Å². The van der Waals surface area contributed by atoms with Crippen molar-refractivity contribution in [3.8, 4) is 5.75 Å². The molecule has 0 saturated heterocycles. The van der Waals surface area contributed by atoms with Gasteiger partial charge in [-0.15, -0.1) is 0 Å². The molecule has 0 radical (unpaired) electrons. The summed E-state index contributed by atoms with van der Waals surface area (Å²) in [6.45, 7) is 3.20. The van der Waals surface area contributed by atoms with E-state index < -0.39 is 0 Å². The minimum atomic E-state index is -0.123. The van der Waals surface area contributed by atoms with Gasteiger partial charge >= 0.3 is 0 Å². The van der Waals surface area contributed by atoms with E-state index in [0.29, 0.717) is 6.04 Å². The van der Waals surface area contributed by atoms with Gasteiger partial charge in [0.25, 0.3) is 0 Å². The number of ether oxygens (including phenoxy) is 1. The summed E-state index contributed by atoms with van der Waals surface area (Å²) in [5.41, 5.74) is 2.29.